The van der Waals surface area contributed by atoms with Crippen LogP contribution in [0.15, 0.2) is 29.1 Å². The first-order valence-electron chi connectivity index (χ1n) is 6.63. The van der Waals surface area contributed by atoms with E-state index >= 15 is 0 Å². The molecule has 0 atom stereocenters. The molecule has 0 aliphatic heterocycles. The number of aromatic hydroxyl groups is 1. The number of hydrogen-bond acceptors (Lipinski definition) is 6. The standard InChI is InChI=1S/C13H17N5O4/c1-16(7-4-8-22-2)12(20)18-13(21)17(14-15-18)10-5-3-6-11(19)9-10/h3,5-6,9,19H,4,7-8H2,1-2H3. The number of methoxy groups -OCH3 is 1. The number of nitrogens with zero attached hydrogens (tertiary/aromatic N) is 5. The maximum atomic E-state index is 12.2. The first kappa shape index (κ1) is 15.7. The van der Waals surface area contributed by atoms with Crippen molar-refractivity contribution in [3.05, 3.63) is 34.7 Å². The van der Waals surface area contributed by atoms with Gasteiger partial charge in [-0.3, -0.25) is 0 Å². The molecule has 0 aliphatic rings. The van der Waals surface area contributed by atoms with E-state index in [1.165, 1.54) is 17.0 Å². The summed E-state index contributed by atoms with van der Waals surface area (Å²) >= 11 is 0. The molecule has 0 unspecified atom stereocenters. The number of phenolic OH excluding ortho intramolecular Hbond substituents is 1. The summed E-state index contributed by atoms with van der Waals surface area (Å²) in [5.41, 5.74) is -0.375. The summed E-state index contributed by atoms with van der Waals surface area (Å²) in [4.78, 5) is 25.7. The van der Waals surface area contributed by atoms with Crippen LogP contribution in [0.4, 0.5) is 4.79 Å². The molecule has 1 N–H and O–H groups in total. The molecule has 1 aromatic carbocycles. The maximum absolute atomic E-state index is 12.2. The Bertz CT molecular complexity index is 708. The predicted molar refractivity (Wildman–Crippen MR) is 77.2 cm³/mol. The first-order chi connectivity index (χ1) is 10.5. The van der Waals surface area contributed by atoms with Crippen LogP contribution in [0.2, 0.25) is 0 Å². The Balaban J connectivity index is 2.20. The summed E-state index contributed by atoms with van der Waals surface area (Å²) in [5.74, 6) is -0.0121. The molecule has 2 rings (SSSR count). The minimum absolute atomic E-state index is 0.0121. The van der Waals surface area contributed by atoms with Crippen LogP contribution in [0.1, 0.15) is 6.42 Å². The lowest BCUT2D eigenvalue weighted by Crippen LogP contribution is -2.39. The van der Waals surface area contributed by atoms with Gasteiger partial charge in [0.05, 0.1) is 5.69 Å². The highest BCUT2D eigenvalue weighted by Gasteiger charge is 2.18. The van der Waals surface area contributed by atoms with Gasteiger partial charge >= 0.3 is 11.7 Å². The number of ether oxygens (including phenoxy) is 1. The zero-order valence-electron chi connectivity index (χ0n) is 12.3. The van der Waals surface area contributed by atoms with Gasteiger partial charge in [-0.1, -0.05) is 6.07 Å². The van der Waals surface area contributed by atoms with E-state index in [-0.39, 0.29) is 5.75 Å². The monoisotopic (exact) mass is 307 g/mol. The number of rotatable bonds is 5. The van der Waals surface area contributed by atoms with Crippen molar-refractivity contribution in [1.29, 1.82) is 0 Å². The Labute approximate surface area is 126 Å². The van der Waals surface area contributed by atoms with Gasteiger partial charge in [0, 0.05) is 33.4 Å². The number of benzene rings is 1. The minimum atomic E-state index is -0.700. The first-order valence-corrected chi connectivity index (χ1v) is 6.63. The lowest BCUT2D eigenvalue weighted by molar-refractivity contribution is 0.174. The number of hydrogen-bond donors (Lipinski definition) is 1. The molecule has 0 fully saturated rings. The Morgan fingerprint density at radius 1 is 1.41 bits per heavy atom. The van der Waals surface area contributed by atoms with E-state index in [1.807, 2.05) is 0 Å². The summed E-state index contributed by atoms with van der Waals surface area (Å²) < 4.78 is 6.53. The maximum Gasteiger partial charge on any atom is 0.377 e. The van der Waals surface area contributed by atoms with Crippen LogP contribution >= 0.6 is 0 Å². The summed E-state index contributed by atoms with van der Waals surface area (Å²) in [6, 6.07) is 5.38. The zero-order valence-corrected chi connectivity index (χ0v) is 12.3. The molecule has 2 aromatic rings. The van der Waals surface area contributed by atoms with E-state index in [4.69, 9.17) is 4.74 Å². The van der Waals surface area contributed by atoms with Crippen LogP contribution in [0.5, 0.6) is 5.75 Å². The van der Waals surface area contributed by atoms with E-state index in [9.17, 15) is 14.7 Å². The molecule has 0 bridgehead atoms. The SMILES string of the molecule is COCCCN(C)C(=O)n1nnn(-c2cccc(O)c2)c1=O. The molecular formula is C13H17N5O4. The average Bonchev–Trinajstić information content (AvgIpc) is 2.88. The zero-order chi connectivity index (χ0) is 16.1. The highest BCUT2D eigenvalue weighted by Crippen LogP contribution is 2.12. The van der Waals surface area contributed by atoms with Crippen molar-refractivity contribution in [1.82, 2.24) is 24.7 Å². The summed E-state index contributed by atoms with van der Waals surface area (Å²) in [5, 5.41) is 16.7. The molecule has 1 aromatic heterocycles. The van der Waals surface area contributed by atoms with Crippen molar-refractivity contribution in [2.75, 3.05) is 27.3 Å². The van der Waals surface area contributed by atoms with Crippen LogP contribution in [0.25, 0.3) is 5.69 Å². The Morgan fingerprint density at radius 2 is 2.18 bits per heavy atom. The fourth-order valence-corrected chi connectivity index (χ4v) is 1.86. The molecule has 1 heterocycles. The normalized spacial score (nSPS) is 10.6. The lowest BCUT2D eigenvalue weighted by Gasteiger charge is -2.14. The van der Waals surface area contributed by atoms with Gasteiger partial charge in [0.2, 0.25) is 0 Å². The fraction of sp³-hybridized carbons (Fsp3) is 0.385. The Hall–Kier alpha value is -2.68. The molecule has 0 saturated heterocycles. The molecule has 118 valence electrons. The molecule has 22 heavy (non-hydrogen) atoms. The number of amides is 1. The fourth-order valence-electron chi connectivity index (χ4n) is 1.86. The Kier molecular flexibility index (Phi) is 4.89. The van der Waals surface area contributed by atoms with Crippen molar-refractivity contribution in [3.8, 4) is 11.4 Å². The molecule has 0 saturated carbocycles. The highest BCUT2D eigenvalue weighted by molar-refractivity contribution is 5.75. The predicted octanol–water partition coefficient (Wildman–Crippen LogP) is 0.0710. The third-order valence-corrected chi connectivity index (χ3v) is 3.01. The van der Waals surface area contributed by atoms with Crippen LogP contribution < -0.4 is 5.69 Å². The van der Waals surface area contributed by atoms with Gasteiger partial charge in [-0.15, -0.1) is 4.68 Å². The number of carbonyl (C=O) groups excluding carboxylic acids is 1. The summed E-state index contributed by atoms with van der Waals surface area (Å²) in [6.45, 7) is 0.945. The third kappa shape index (κ3) is 3.31. The van der Waals surface area contributed by atoms with Gasteiger partial charge in [-0.05, 0) is 29.0 Å². The quantitative estimate of drug-likeness (QED) is 0.619. The van der Waals surface area contributed by atoms with Crippen molar-refractivity contribution >= 4 is 6.03 Å². The van der Waals surface area contributed by atoms with Gasteiger partial charge in [0.25, 0.3) is 0 Å². The van der Waals surface area contributed by atoms with Crippen molar-refractivity contribution in [3.63, 3.8) is 0 Å². The third-order valence-electron chi connectivity index (χ3n) is 3.01. The number of aromatic nitrogens is 4. The highest BCUT2D eigenvalue weighted by atomic mass is 16.5. The van der Waals surface area contributed by atoms with E-state index in [1.54, 1.807) is 26.3 Å². The smallest absolute Gasteiger partial charge is 0.377 e. The molecule has 0 radical (unpaired) electrons. The van der Waals surface area contributed by atoms with Crippen LogP contribution in [-0.2, 0) is 4.74 Å². The van der Waals surface area contributed by atoms with Gasteiger partial charge in [-0.2, -0.15) is 4.68 Å². The van der Waals surface area contributed by atoms with Gasteiger partial charge in [-0.25, -0.2) is 9.59 Å². The molecule has 9 nitrogen and oxygen atoms in total. The van der Waals surface area contributed by atoms with Crippen LogP contribution in [-0.4, -0.2) is 63.1 Å². The van der Waals surface area contributed by atoms with E-state index < -0.39 is 11.7 Å². The second kappa shape index (κ2) is 6.85. The number of carbonyl (C=O) groups is 1. The molecule has 0 spiro atoms. The average molecular weight is 307 g/mol. The van der Waals surface area contributed by atoms with Crippen molar-refractivity contribution in [2.24, 2.45) is 0 Å². The van der Waals surface area contributed by atoms with Crippen LogP contribution in [0.3, 0.4) is 0 Å². The Morgan fingerprint density at radius 3 is 2.86 bits per heavy atom. The van der Waals surface area contributed by atoms with E-state index in [2.05, 4.69) is 10.4 Å². The lowest BCUT2D eigenvalue weighted by atomic mass is 10.3. The van der Waals surface area contributed by atoms with Crippen molar-refractivity contribution < 1.29 is 14.6 Å². The van der Waals surface area contributed by atoms with E-state index in [0.717, 1.165) is 4.68 Å². The largest absolute Gasteiger partial charge is 0.508 e. The molecular weight excluding hydrogens is 290 g/mol. The van der Waals surface area contributed by atoms with E-state index in [0.29, 0.717) is 29.9 Å². The number of tetrazole rings is 1. The summed E-state index contributed by atoms with van der Waals surface area (Å²) in [6.07, 6.45) is 0.647. The van der Waals surface area contributed by atoms with Crippen LogP contribution in [0, 0.1) is 0 Å². The second-order valence-electron chi connectivity index (χ2n) is 4.66. The molecule has 0 aliphatic carbocycles. The minimum Gasteiger partial charge on any atom is -0.508 e. The topological polar surface area (TPSA) is 102 Å². The summed E-state index contributed by atoms with van der Waals surface area (Å²) in [7, 11) is 3.14. The van der Waals surface area contributed by atoms with Crippen molar-refractivity contribution in [2.45, 2.75) is 6.42 Å². The van der Waals surface area contributed by atoms with Gasteiger partial charge in [0.1, 0.15) is 5.75 Å². The van der Waals surface area contributed by atoms with Gasteiger partial charge in [0.15, 0.2) is 0 Å². The molecule has 9 heteroatoms. The van der Waals surface area contributed by atoms with Gasteiger partial charge < -0.3 is 14.7 Å². The number of phenols is 1. The second-order valence-corrected chi connectivity index (χ2v) is 4.66. The molecule has 1 amide bonds.